The number of thiophene rings is 1. The van der Waals surface area contributed by atoms with E-state index in [1.807, 2.05) is 0 Å². The highest BCUT2D eigenvalue weighted by atomic mass is 32.1. The Labute approximate surface area is 77.8 Å². The van der Waals surface area contributed by atoms with Gasteiger partial charge in [-0.05, 0) is 12.1 Å². The monoisotopic (exact) mass is 198 g/mol. The number of hydrogen-bond donors (Lipinski definition) is 2. The molecule has 1 rings (SSSR count). The lowest BCUT2D eigenvalue weighted by Gasteiger charge is -1.82. The molecular weight excluding hydrogens is 192 g/mol. The molecule has 0 atom stereocenters. The highest BCUT2D eigenvalue weighted by molar-refractivity contribution is 7.11. The Kier molecular flexibility index (Phi) is 2.81. The third kappa shape index (κ3) is 2.72. The van der Waals surface area contributed by atoms with Crippen LogP contribution in [0.3, 0.4) is 0 Å². The zero-order chi connectivity index (χ0) is 9.84. The van der Waals surface area contributed by atoms with E-state index in [-0.39, 0.29) is 5.56 Å². The molecule has 13 heavy (non-hydrogen) atoms. The molecule has 0 unspecified atom stereocenters. The van der Waals surface area contributed by atoms with Crippen LogP contribution >= 0.6 is 11.3 Å². The van der Waals surface area contributed by atoms with Crippen LogP contribution in [0.1, 0.15) is 15.2 Å². The summed E-state index contributed by atoms with van der Waals surface area (Å²) in [5.41, 5.74) is 0.176. The maximum atomic E-state index is 10.4. The molecule has 2 N–H and O–H groups in total. The van der Waals surface area contributed by atoms with E-state index in [0.29, 0.717) is 4.88 Å². The van der Waals surface area contributed by atoms with Gasteiger partial charge in [0.25, 0.3) is 0 Å². The molecule has 68 valence electrons. The first kappa shape index (κ1) is 9.47. The quantitative estimate of drug-likeness (QED) is 0.722. The summed E-state index contributed by atoms with van der Waals surface area (Å²) in [6, 6.07) is 1.42. The first-order chi connectivity index (χ1) is 6.09. The Morgan fingerprint density at radius 1 is 1.38 bits per heavy atom. The minimum absolute atomic E-state index is 0.176. The average Bonchev–Trinajstić information content (AvgIpc) is 2.48. The Morgan fingerprint density at radius 2 is 2.08 bits per heavy atom. The van der Waals surface area contributed by atoms with Crippen LogP contribution < -0.4 is 0 Å². The summed E-state index contributed by atoms with van der Waals surface area (Å²) in [7, 11) is 0. The van der Waals surface area contributed by atoms with Gasteiger partial charge < -0.3 is 10.2 Å². The van der Waals surface area contributed by atoms with Crippen molar-refractivity contribution in [2.75, 3.05) is 0 Å². The van der Waals surface area contributed by atoms with Crippen molar-refractivity contribution >= 4 is 29.4 Å². The van der Waals surface area contributed by atoms with Crippen LogP contribution in [-0.4, -0.2) is 22.2 Å². The third-order valence-electron chi connectivity index (χ3n) is 1.26. The zero-order valence-corrected chi connectivity index (χ0v) is 7.25. The molecule has 4 nitrogen and oxygen atoms in total. The molecule has 5 heteroatoms. The molecule has 0 radical (unpaired) electrons. The van der Waals surface area contributed by atoms with Gasteiger partial charge in [-0.2, -0.15) is 0 Å². The Morgan fingerprint density at radius 3 is 2.54 bits per heavy atom. The normalized spacial score (nSPS) is 10.5. The van der Waals surface area contributed by atoms with E-state index < -0.39 is 11.9 Å². The van der Waals surface area contributed by atoms with Crippen LogP contribution in [0.4, 0.5) is 0 Å². The minimum Gasteiger partial charge on any atom is -0.478 e. The van der Waals surface area contributed by atoms with Crippen molar-refractivity contribution in [3.63, 3.8) is 0 Å². The van der Waals surface area contributed by atoms with Crippen LogP contribution in [0, 0.1) is 0 Å². The predicted octanol–water partition coefficient (Wildman–Crippen LogP) is 1.54. The van der Waals surface area contributed by atoms with E-state index >= 15 is 0 Å². The fourth-order valence-corrected chi connectivity index (χ4v) is 1.48. The molecule has 0 aliphatic heterocycles. The topological polar surface area (TPSA) is 74.6 Å². The number of carboxylic acids is 2. The molecule has 1 heterocycles. The maximum Gasteiger partial charge on any atom is 0.336 e. The molecule has 0 saturated heterocycles. The van der Waals surface area contributed by atoms with Crippen LogP contribution in [0.15, 0.2) is 17.5 Å². The molecule has 0 aliphatic rings. The SMILES string of the molecule is O=C(O)C=Cc1cc(C(=O)O)cs1. The van der Waals surface area contributed by atoms with Gasteiger partial charge in [0, 0.05) is 16.3 Å². The molecule has 0 aliphatic carbocycles. The lowest BCUT2D eigenvalue weighted by atomic mass is 10.3. The number of carbonyl (C=O) groups is 2. The Bertz CT molecular complexity index is 364. The van der Waals surface area contributed by atoms with E-state index in [2.05, 4.69) is 0 Å². The molecule has 0 amide bonds. The lowest BCUT2D eigenvalue weighted by molar-refractivity contribution is -0.131. The van der Waals surface area contributed by atoms with Gasteiger partial charge in [0.15, 0.2) is 0 Å². The van der Waals surface area contributed by atoms with Crippen LogP contribution in [-0.2, 0) is 4.79 Å². The second-order valence-corrected chi connectivity index (χ2v) is 3.16. The highest BCUT2D eigenvalue weighted by Crippen LogP contribution is 2.15. The third-order valence-corrected chi connectivity index (χ3v) is 2.15. The molecule has 0 saturated carbocycles. The number of aliphatic carboxylic acids is 1. The van der Waals surface area contributed by atoms with Crippen LogP contribution in [0.5, 0.6) is 0 Å². The van der Waals surface area contributed by atoms with Gasteiger partial charge in [0.2, 0.25) is 0 Å². The summed E-state index contributed by atoms with van der Waals surface area (Å²) in [4.78, 5) is 21.1. The van der Waals surface area contributed by atoms with Gasteiger partial charge in [-0.1, -0.05) is 0 Å². The van der Waals surface area contributed by atoms with E-state index in [0.717, 1.165) is 6.08 Å². The second-order valence-electron chi connectivity index (χ2n) is 2.21. The van der Waals surface area contributed by atoms with E-state index in [1.165, 1.54) is 28.9 Å². The second kappa shape index (κ2) is 3.86. The van der Waals surface area contributed by atoms with E-state index in [4.69, 9.17) is 10.2 Å². The van der Waals surface area contributed by atoms with Crippen molar-refractivity contribution in [2.45, 2.75) is 0 Å². The van der Waals surface area contributed by atoms with Crippen molar-refractivity contribution in [3.8, 4) is 0 Å². The van der Waals surface area contributed by atoms with E-state index in [9.17, 15) is 9.59 Å². The Balaban J connectivity index is 2.80. The van der Waals surface area contributed by atoms with Crippen molar-refractivity contribution in [2.24, 2.45) is 0 Å². The van der Waals surface area contributed by atoms with Crippen molar-refractivity contribution in [3.05, 3.63) is 28.0 Å². The summed E-state index contributed by atoms with van der Waals surface area (Å²) >= 11 is 1.19. The number of carboxylic acid groups (broad SMARTS) is 2. The average molecular weight is 198 g/mol. The fourth-order valence-electron chi connectivity index (χ4n) is 0.706. The van der Waals surface area contributed by atoms with Gasteiger partial charge >= 0.3 is 11.9 Å². The van der Waals surface area contributed by atoms with Gasteiger partial charge in [-0.15, -0.1) is 11.3 Å². The van der Waals surface area contributed by atoms with Gasteiger partial charge in [0.05, 0.1) is 5.56 Å². The van der Waals surface area contributed by atoms with Gasteiger partial charge in [-0.3, -0.25) is 0 Å². The summed E-state index contributed by atoms with van der Waals surface area (Å²) < 4.78 is 0. The van der Waals surface area contributed by atoms with E-state index in [1.54, 1.807) is 0 Å². The van der Waals surface area contributed by atoms with Crippen LogP contribution in [0.25, 0.3) is 6.08 Å². The molecule has 0 spiro atoms. The first-order valence-electron chi connectivity index (χ1n) is 3.32. The van der Waals surface area contributed by atoms with Gasteiger partial charge in [-0.25, -0.2) is 9.59 Å². The highest BCUT2D eigenvalue weighted by Gasteiger charge is 2.04. The smallest absolute Gasteiger partial charge is 0.336 e. The summed E-state index contributed by atoms with van der Waals surface area (Å²) in [6.45, 7) is 0. The lowest BCUT2D eigenvalue weighted by Crippen LogP contribution is -1.91. The first-order valence-corrected chi connectivity index (χ1v) is 4.20. The van der Waals surface area contributed by atoms with Crippen molar-refractivity contribution in [1.29, 1.82) is 0 Å². The maximum absolute atomic E-state index is 10.4. The Hall–Kier alpha value is -1.62. The summed E-state index contributed by atoms with van der Waals surface area (Å²) in [5, 5.41) is 18.3. The standard InChI is InChI=1S/C8H6O4S/c9-7(10)2-1-6-3-5(4-13-6)8(11)12/h1-4H,(H,9,10)(H,11,12). The molecule has 1 aromatic rings. The predicted molar refractivity (Wildman–Crippen MR) is 47.9 cm³/mol. The number of aromatic carboxylic acids is 1. The molecule has 0 bridgehead atoms. The fraction of sp³-hybridized carbons (Fsp3) is 0. The van der Waals surface area contributed by atoms with Gasteiger partial charge in [0.1, 0.15) is 0 Å². The molecule has 1 aromatic heterocycles. The number of hydrogen-bond acceptors (Lipinski definition) is 3. The molecule has 0 aromatic carbocycles. The van der Waals surface area contributed by atoms with Crippen molar-refractivity contribution in [1.82, 2.24) is 0 Å². The van der Waals surface area contributed by atoms with Crippen LogP contribution in [0.2, 0.25) is 0 Å². The van der Waals surface area contributed by atoms with Crippen molar-refractivity contribution < 1.29 is 19.8 Å². The summed E-state index contributed by atoms with van der Waals surface area (Å²) in [6.07, 6.45) is 2.33. The largest absolute Gasteiger partial charge is 0.478 e. The number of rotatable bonds is 3. The molecule has 0 fully saturated rings. The minimum atomic E-state index is -1.05. The molecular formula is C8H6O4S. The summed E-state index contributed by atoms with van der Waals surface area (Å²) in [5.74, 6) is -2.06. The zero-order valence-electron chi connectivity index (χ0n) is 6.43.